The first kappa shape index (κ1) is 9.92. The molecule has 0 bridgehead atoms. The lowest BCUT2D eigenvalue weighted by Gasteiger charge is -2.07. The maximum atomic E-state index is 5.44. The van der Waals surface area contributed by atoms with Gasteiger partial charge in [0.05, 0.1) is 19.5 Å². The predicted octanol–water partition coefficient (Wildman–Crippen LogP) is 0.937. The van der Waals surface area contributed by atoms with E-state index >= 15 is 0 Å². The quantitative estimate of drug-likeness (QED) is 0.750. The fraction of sp³-hybridized carbons (Fsp3) is 0.556. The van der Waals surface area contributed by atoms with Gasteiger partial charge < -0.3 is 10.5 Å². The van der Waals surface area contributed by atoms with Crippen LogP contribution in [0.15, 0.2) is 12.4 Å². The van der Waals surface area contributed by atoms with Crippen LogP contribution in [0.4, 0.5) is 0 Å². The molecule has 1 aromatic heterocycles. The molecule has 72 valence electrons. The van der Waals surface area contributed by atoms with Crippen molar-refractivity contribution >= 4 is 0 Å². The Kier molecular flexibility index (Phi) is 3.64. The van der Waals surface area contributed by atoms with Gasteiger partial charge in [0, 0.05) is 5.92 Å². The van der Waals surface area contributed by atoms with Gasteiger partial charge in [-0.15, -0.1) is 0 Å². The number of rotatable bonds is 4. The van der Waals surface area contributed by atoms with Crippen molar-refractivity contribution in [2.24, 2.45) is 5.73 Å². The molecule has 0 aliphatic carbocycles. The van der Waals surface area contributed by atoms with Crippen LogP contribution in [-0.2, 0) is 0 Å². The van der Waals surface area contributed by atoms with Crippen LogP contribution in [0.2, 0.25) is 0 Å². The Balaban J connectivity index is 2.67. The van der Waals surface area contributed by atoms with E-state index in [0.29, 0.717) is 18.2 Å². The number of nitrogens with zero attached hydrogens (tertiary/aromatic N) is 2. The van der Waals surface area contributed by atoms with E-state index in [4.69, 9.17) is 10.5 Å². The first-order valence-electron chi connectivity index (χ1n) is 4.34. The van der Waals surface area contributed by atoms with Crippen molar-refractivity contribution in [3.05, 3.63) is 18.2 Å². The second-order valence-electron chi connectivity index (χ2n) is 2.96. The number of aromatic nitrogens is 2. The first-order chi connectivity index (χ1) is 6.27. The van der Waals surface area contributed by atoms with E-state index in [-0.39, 0.29) is 0 Å². The fourth-order valence-electron chi connectivity index (χ4n) is 1.07. The molecule has 1 unspecified atom stereocenters. The molecule has 4 heteroatoms. The third-order valence-corrected chi connectivity index (χ3v) is 1.92. The van der Waals surface area contributed by atoms with Gasteiger partial charge >= 0.3 is 0 Å². The number of hydrogen-bond donors (Lipinski definition) is 1. The molecule has 0 aliphatic rings. The highest BCUT2D eigenvalue weighted by atomic mass is 16.5. The van der Waals surface area contributed by atoms with Crippen LogP contribution in [0.5, 0.6) is 5.75 Å². The molecule has 1 rings (SSSR count). The Morgan fingerprint density at radius 1 is 1.46 bits per heavy atom. The average molecular weight is 181 g/mol. The lowest BCUT2D eigenvalue weighted by Crippen LogP contribution is -2.07. The van der Waals surface area contributed by atoms with Crippen LogP contribution >= 0.6 is 0 Å². The molecule has 0 spiro atoms. The molecule has 13 heavy (non-hydrogen) atoms. The summed E-state index contributed by atoms with van der Waals surface area (Å²) in [6, 6.07) is 0. The lowest BCUT2D eigenvalue weighted by molar-refractivity contribution is 0.409. The van der Waals surface area contributed by atoms with Crippen molar-refractivity contribution in [1.29, 1.82) is 0 Å². The number of methoxy groups -OCH3 is 1. The molecular weight excluding hydrogens is 166 g/mol. The molecule has 1 heterocycles. The summed E-state index contributed by atoms with van der Waals surface area (Å²) in [7, 11) is 1.60. The maximum absolute atomic E-state index is 5.44. The molecular formula is C9H15N3O. The summed E-state index contributed by atoms with van der Waals surface area (Å²) in [4.78, 5) is 8.35. The molecule has 4 nitrogen and oxygen atoms in total. The second kappa shape index (κ2) is 4.77. The van der Waals surface area contributed by atoms with Gasteiger partial charge in [-0.25, -0.2) is 9.97 Å². The Hall–Kier alpha value is -1.16. The molecule has 0 amide bonds. The van der Waals surface area contributed by atoms with E-state index in [0.717, 1.165) is 12.2 Å². The minimum absolute atomic E-state index is 0.316. The van der Waals surface area contributed by atoms with Crippen LogP contribution in [0.1, 0.15) is 25.1 Å². The zero-order chi connectivity index (χ0) is 9.68. The summed E-state index contributed by atoms with van der Waals surface area (Å²) < 4.78 is 4.96. The van der Waals surface area contributed by atoms with E-state index in [1.54, 1.807) is 19.5 Å². The van der Waals surface area contributed by atoms with Crippen LogP contribution in [0.3, 0.4) is 0 Å². The van der Waals surface area contributed by atoms with Crippen molar-refractivity contribution in [1.82, 2.24) is 9.97 Å². The molecule has 2 N–H and O–H groups in total. The average Bonchev–Trinajstić information content (AvgIpc) is 2.18. The molecule has 0 radical (unpaired) electrons. The SMILES string of the molecule is COc1cnc(C(C)CCN)nc1. The van der Waals surface area contributed by atoms with Gasteiger partial charge in [-0.1, -0.05) is 6.92 Å². The van der Waals surface area contributed by atoms with Gasteiger partial charge in [0.2, 0.25) is 0 Å². The normalized spacial score (nSPS) is 12.5. The summed E-state index contributed by atoms with van der Waals surface area (Å²) in [5.74, 6) is 1.82. The third-order valence-electron chi connectivity index (χ3n) is 1.92. The minimum Gasteiger partial charge on any atom is -0.494 e. The number of hydrogen-bond acceptors (Lipinski definition) is 4. The smallest absolute Gasteiger partial charge is 0.155 e. The molecule has 0 aromatic carbocycles. The van der Waals surface area contributed by atoms with E-state index in [9.17, 15) is 0 Å². The van der Waals surface area contributed by atoms with Crippen LogP contribution in [0.25, 0.3) is 0 Å². The summed E-state index contributed by atoms with van der Waals surface area (Å²) in [5, 5.41) is 0. The van der Waals surface area contributed by atoms with Crippen LogP contribution in [-0.4, -0.2) is 23.6 Å². The van der Waals surface area contributed by atoms with Crippen molar-refractivity contribution in [3.8, 4) is 5.75 Å². The highest BCUT2D eigenvalue weighted by Gasteiger charge is 2.06. The Morgan fingerprint density at radius 2 is 2.08 bits per heavy atom. The van der Waals surface area contributed by atoms with E-state index < -0.39 is 0 Å². The van der Waals surface area contributed by atoms with E-state index in [2.05, 4.69) is 16.9 Å². The highest BCUT2D eigenvalue weighted by molar-refractivity contribution is 5.13. The Bertz CT molecular complexity index is 248. The highest BCUT2D eigenvalue weighted by Crippen LogP contribution is 2.14. The summed E-state index contributed by atoms with van der Waals surface area (Å²) in [6.07, 6.45) is 4.26. The van der Waals surface area contributed by atoms with Gasteiger partial charge in [-0.3, -0.25) is 0 Å². The Morgan fingerprint density at radius 3 is 2.54 bits per heavy atom. The molecule has 1 aromatic rings. The lowest BCUT2D eigenvalue weighted by atomic mass is 10.1. The van der Waals surface area contributed by atoms with E-state index in [1.807, 2.05) is 0 Å². The zero-order valence-electron chi connectivity index (χ0n) is 8.03. The summed E-state index contributed by atoms with van der Waals surface area (Å²) in [5.41, 5.74) is 5.44. The summed E-state index contributed by atoms with van der Waals surface area (Å²) in [6.45, 7) is 2.73. The number of ether oxygens (including phenoxy) is 1. The molecule has 0 fully saturated rings. The topological polar surface area (TPSA) is 61.0 Å². The molecule has 0 saturated carbocycles. The third kappa shape index (κ3) is 2.66. The van der Waals surface area contributed by atoms with Crippen molar-refractivity contribution in [2.75, 3.05) is 13.7 Å². The zero-order valence-corrected chi connectivity index (χ0v) is 8.03. The van der Waals surface area contributed by atoms with Gasteiger partial charge in [0.1, 0.15) is 5.82 Å². The van der Waals surface area contributed by atoms with E-state index in [1.165, 1.54) is 0 Å². The van der Waals surface area contributed by atoms with Crippen molar-refractivity contribution in [2.45, 2.75) is 19.3 Å². The van der Waals surface area contributed by atoms with Crippen LogP contribution in [0, 0.1) is 0 Å². The molecule has 0 saturated heterocycles. The second-order valence-corrected chi connectivity index (χ2v) is 2.96. The van der Waals surface area contributed by atoms with Gasteiger partial charge in [0.25, 0.3) is 0 Å². The minimum atomic E-state index is 0.316. The number of nitrogens with two attached hydrogens (primary N) is 1. The van der Waals surface area contributed by atoms with Gasteiger partial charge in [0.15, 0.2) is 5.75 Å². The van der Waals surface area contributed by atoms with Crippen molar-refractivity contribution < 1.29 is 4.74 Å². The first-order valence-corrected chi connectivity index (χ1v) is 4.34. The predicted molar refractivity (Wildman–Crippen MR) is 50.7 cm³/mol. The monoisotopic (exact) mass is 181 g/mol. The molecule has 1 atom stereocenters. The standard InChI is InChI=1S/C9H15N3O/c1-7(3-4-10)9-11-5-8(13-2)6-12-9/h5-7H,3-4,10H2,1-2H3. The molecule has 0 aliphatic heterocycles. The Labute approximate surface area is 78.1 Å². The van der Waals surface area contributed by atoms with Crippen LogP contribution < -0.4 is 10.5 Å². The largest absolute Gasteiger partial charge is 0.494 e. The summed E-state index contributed by atoms with van der Waals surface area (Å²) >= 11 is 0. The fourth-order valence-corrected chi connectivity index (χ4v) is 1.07. The van der Waals surface area contributed by atoms with Gasteiger partial charge in [-0.05, 0) is 13.0 Å². The van der Waals surface area contributed by atoms with Crippen molar-refractivity contribution in [3.63, 3.8) is 0 Å². The van der Waals surface area contributed by atoms with Gasteiger partial charge in [-0.2, -0.15) is 0 Å². The maximum Gasteiger partial charge on any atom is 0.155 e.